The van der Waals surface area contributed by atoms with Crippen molar-refractivity contribution in [3.63, 3.8) is 0 Å². The molecule has 0 atom stereocenters. The summed E-state index contributed by atoms with van der Waals surface area (Å²) >= 11 is 0. The van der Waals surface area contributed by atoms with E-state index in [0.717, 1.165) is 18.4 Å². The lowest BCUT2D eigenvalue weighted by molar-refractivity contribution is -0.131. The van der Waals surface area contributed by atoms with Crippen LogP contribution >= 0.6 is 0 Å². The highest BCUT2D eigenvalue weighted by atomic mass is 16.5. The number of nitrogens with one attached hydrogen (secondary N) is 2. The number of unbranched alkanes of at least 4 members (excludes halogenated alkanes) is 6. The molecule has 3 N–H and O–H groups in total. The number of aromatic nitrogens is 1. The average molecular weight is 596 g/mol. The Morgan fingerprint density at radius 3 is 2.07 bits per heavy atom. The minimum absolute atomic E-state index is 0.0474. The number of aryl methyl sites for hydroxylation is 1. The van der Waals surface area contributed by atoms with Crippen molar-refractivity contribution in [3.8, 4) is 23.0 Å². The van der Waals surface area contributed by atoms with Gasteiger partial charge in [0.15, 0.2) is 11.5 Å². The number of aromatic hydroxyl groups is 1. The standard InChI is InChI=1S/C36H41N3O5/c1-3-4-5-6-7-8-9-22-43-33-23-29-30(24-31(33)40)37-21-18-32(29)44-28-16-14-27(15-17-28)39-35(42)36(19-20-36)34(41)38-26-12-10-25(2)11-13-26/h10-18,21,23-24,40H,3-9,19-20,22H2,1-2H3,(H,38,41)(H,39,42). The van der Waals surface area contributed by atoms with E-state index >= 15 is 0 Å². The van der Waals surface area contributed by atoms with Crippen molar-refractivity contribution in [2.24, 2.45) is 5.41 Å². The molecule has 8 heteroatoms. The summed E-state index contributed by atoms with van der Waals surface area (Å²) in [4.78, 5) is 30.4. The summed E-state index contributed by atoms with van der Waals surface area (Å²) in [5.74, 6) is 0.968. The van der Waals surface area contributed by atoms with Crippen LogP contribution in [-0.2, 0) is 9.59 Å². The number of nitrogens with zero attached hydrogens (tertiary/aromatic N) is 1. The molecule has 5 rings (SSSR count). The van der Waals surface area contributed by atoms with Crippen LogP contribution in [0.15, 0.2) is 72.9 Å². The number of hydrogen-bond donors (Lipinski definition) is 3. The molecule has 1 fully saturated rings. The first kappa shape index (κ1) is 30.9. The maximum Gasteiger partial charge on any atom is 0.240 e. The molecular weight excluding hydrogens is 554 g/mol. The van der Waals surface area contributed by atoms with E-state index in [1.54, 1.807) is 48.7 Å². The molecule has 2 amide bonds. The zero-order valence-electron chi connectivity index (χ0n) is 25.5. The SMILES string of the molecule is CCCCCCCCCOc1cc2c(Oc3ccc(NC(=O)C4(C(=O)Nc5ccc(C)cc5)CC4)cc3)ccnc2cc1O. The maximum absolute atomic E-state index is 13.1. The van der Waals surface area contributed by atoms with Gasteiger partial charge in [-0.25, -0.2) is 0 Å². The van der Waals surface area contributed by atoms with Crippen LogP contribution < -0.4 is 20.1 Å². The van der Waals surface area contributed by atoms with Gasteiger partial charge in [-0.15, -0.1) is 0 Å². The fourth-order valence-electron chi connectivity index (χ4n) is 5.14. The van der Waals surface area contributed by atoms with Crippen molar-refractivity contribution in [3.05, 3.63) is 78.5 Å². The summed E-state index contributed by atoms with van der Waals surface area (Å²) in [6.07, 6.45) is 10.9. The molecular formula is C36H41N3O5. The normalized spacial score (nSPS) is 13.3. The molecule has 1 aromatic heterocycles. The van der Waals surface area contributed by atoms with Crippen molar-refractivity contribution < 1.29 is 24.2 Å². The molecule has 4 aromatic rings. The molecule has 0 bridgehead atoms. The van der Waals surface area contributed by atoms with Crippen LogP contribution in [0, 0.1) is 12.3 Å². The number of pyridine rings is 1. The quantitative estimate of drug-likeness (QED) is 0.0939. The third kappa shape index (κ3) is 7.67. The van der Waals surface area contributed by atoms with Crippen LogP contribution in [0.2, 0.25) is 0 Å². The lowest BCUT2D eigenvalue weighted by Crippen LogP contribution is -2.35. The van der Waals surface area contributed by atoms with Gasteiger partial charge in [0.2, 0.25) is 11.8 Å². The Morgan fingerprint density at radius 2 is 1.43 bits per heavy atom. The molecule has 0 aliphatic heterocycles. The summed E-state index contributed by atoms with van der Waals surface area (Å²) in [6, 6.07) is 19.6. The van der Waals surface area contributed by atoms with Gasteiger partial charge in [0, 0.05) is 29.0 Å². The number of ether oxygens (including phenoxy) is 2. The van der Waals surface area contributed by atoms with Gasteiger partial charge in [0.1, 0.15) is 16.9 Å². The van der Waals surface area contributed by atoms with Crippen LogP contribution in [0.1, 0.15) is 70.3 Å². The van der Waals surface area contributed by atoms with E-state index in [1.165, 1.54) is 32.1 Å². The summed E-state index contributed by atoms with van der Waals surface area (Å²) in [7, 11) is 0. The van der Waals surface area contributed by atoms with E-state index in [9.17, 15) is 14.7 Å². The molecule has 230 valence electrons. The van der Waals surface area contributed by atoms with Gasteiger partial charge < -0.3 is 25.2 Å². The first-order chi connectivity index (χ1) is 21.4. The Bertz CT molecular complexity index is 1580. The molecule has 8 nitrogen and oxygen atoms in total. The number of hydrogen-bond acceptors (Lipinski definition) is 6. The number of rotatable bonds is 15. The van der Waals surface area contributed by atoms with Gasteiger partial charge in [0.25, 0.3) is 0 Å². The topological polar surface area (TPSA) is 110 Å². The predicted molar refractivity (Wildman–Crippen MR) is 174 cm³/mol. The highest BCUT2D eigenvalue weighted by Crippen LogP contribution is 2.47. The summed E-state index contributed by atoms with van der Waals surface area (Å²) in [6.45, 7) is 4.73. The third-order valence-corrected chi connectivity index (χ3v) is 8.06. The lowest BCUT2D eigenvalue weighted by Gasteiger charge is -2.16. The number of carbonyl (C=O) groups excluding carboxylic acids is 2. The molecule has 1 aliphatic carbocycles. The lowest BCUT2D eigenvalue weighted by atomic mass is 10.0. The highest BCUT2D eigenvalue weighted by molar-refractivity contribution is 6.16. The Morgan fingerprint density at radius 1 is 0.818 bits per heavy atom. The van der Waals surface area contributed by atoms with E-state index in [1.807, 2.05) is 31.2 Å². The smallest absolute Gasteiger partial charge is 0.240 e. The number of benzene rings is 3. The van der Waals surface area contributed by atoms with Crippen molar-refractivity contribution in [2.45, 2.75) is 71.6 Å². The monoisotopic (exact) mass is 595 g/mol. The van der Waals surface area contributed by atoms with E-state index in [0.29, 0.717) is 59.0 Å². The van der Waals surface area contributed by atoms with Crippen LogP contribution in [0.3, 0.4) is 0 Å². The van der Waals surface area contributed by atoms with E-state index in [-0.39, 0.29) is 17.6 Å². The Labute approximate surface area is 258 Å². The Balaban J connectivity index is 1.18. The summed E-state index contributed by atoms with van der Waals surface area (Å²) in [5, 5.41) is 17.0. The minimum atomic E-state index is -1.06. The van der Waals surface area contributed by atoms with Gasteiger partial charge in [0.05, 0.1) is 12.1 Å². The first-order valence-corrected chi connectivity index (χ1v) is 15.6. The van der Waals surface area contributed by atoms with Crippen molar-refractivity contribution in [2.75, 3.05) is 17.2 Å². The molecule has 0 unspecified atom stereocenters. The number of carbonyl (C=O) groups is 2. The van der Waals surface area contributed by atoms with Gasteiger partial charge in [-0.3, -0.25) is 14.6 Å². The number of anilines is 2. The van der Waals surface area contributed by atoms with Gasteiger partial charge >= 0.3 is 0 Å². The van der Waals surface area contributed by atoms with Crippen LogP contribution in [0.5, 0.6) is 23.0 Å². The first-order valence-electron chi connectivity index (χ1n) is 15.6. The largest absolute Gasteiger partial charge is 0.504 e. The second-order valence-corrected chi connectivity index (χ2v) is 11.6. The van der Waals surface area contributed by atoms with Gasteiger partial charge in [-0.2, -0.15) is 0 Å². The molecule has 1 aliphatic rings. The van der Waals surface area contributed by atoms with E-state index < -0.39 is 5.41 Å². The fourth-order valence-corrected chi connectivity index (χ4v) is 5.14. The molecule has 44 heavy (non-hydrogen) atoms. The predicted octanol–water partition coefficient (Wildman–Crippen LogP) is 8.53. The molecule has 1 heterocycles. The van der Waals surface area contributed by atoms with Crippen LogP contribution in [0.25, 0.3) is 10.9 Å². The number of phenolic OH excluding ortho intramolecular Hbond substituents is 1. The molecule has 0 saturated heterocycles. The van der Waals surface area contributed by atoms with Crippen molar-refractivity contribution >= 4 is 34.1 Å². The number of amides is 2. The Hall–Kier alpha value is -4.59. The Kier molecular flexibility index (Phi) is 10.00. The zero-order chi connectivity index (χ0) is 30.9. The van der Waals surface area contributed by atoms with Crippen molar-refractivity contribution in [1.29, 1.82) is 0 Å². The van der Waals surface area contributed by atoms with Gasteiger partial charge in [-0.05, 0) is 74.7 Å². The van der Waals surface area contributed by atoms with E-state index in [2.05, 4.69) is 22.5 Å². The average Bonchev–Trinajstić information content (AvgIpc) is 3.84. The second-order valence-electron chi connectivity index (χ2n) is 11.6. The summed E-state index contributed by atoms with van der Waals surface area (Å²) in [5.41, 5.74) is 1.87. The number of phenols is 1. The zero-order valence-corrected chi connectivity index (χ0v) is 25.5. The van der Waals surface area contributed by atoms with Gasteiger partial charge in [-0.1, -0.05) is 63.1 Å². The molecule has 0 radical (unpaired) electrons. The van der Waals surface area contributed by atoms with Crippen LogP contribution in [-0.4, -0.2) is 28.5 Å². The molecule has 0 spiro atoms. The minimum Gasteiger partial charge on any atom is -0.504 e. The molecule has 3 aromatic carbocycles. The second kappa shape index (κ2) is 14.3. The summed E-state index contributed by atoms with van der Waals surface area (Å²) < 4.78 is 12.1. The van der Waals surface area contributed by atoms with E-state index in [4.69, 9.17) is 9.47 Å². The third-order valence-electron chi connectivity index (χ3n) is 8.06. The van der Waals surface area contributed by atoms with Crippen molar-refractivity contribution in [1.82, 2.24) is 4.98 Å². The van der Waals surface area contributed by atoms with Crippen LogP contribution in [0.4, 0.5) is 11.4 Å². The highest BCUT2D eigenvalue weighted by Gasteiger charge is 2.56. The molecule has 1 saturated carbocycles. The maximum atomic E-state index is 13.1. The fraction of sp³-hybridized carbons (Fsp3) is 0.361. The number of fused-ring (bicyclic) bond motifs is 1.